The predicted molar refractivity (Wildman–Crippen MR) is 61.1 cm³/mol. The van der Waals surface area contributed by atoms with Gasteiger partial charge >= 0.3 is 6.09 Å². The van der Waals surface area contributed by atoms with Gasteiger partial charge in [0.2, 0.25) is 0 Å². The lowest BCUT2D eigenvalue weighted by molar-refractivity contribution is -0.384. The molecule has 0 unspecified atom stereocenters. The third kappa shape index (κ3) is 2.20. The van der Waals surface area contributed by atoms with Crippen LogP contribution in [0.25, 0.3) is 0 Å². The maximum atomic E-state index is 11.5. The fourth-order valence-electron chi connectivity index (χ4n) is 1.83. The normalized spacial score (nSPS) is 15.6. The fraction of sp³-hybridized carbons (Fsp3) is 0.364. The molecule has 1 aromatic rings. The van der Waals surface area contributed by atoms with Crippen LogP contribution in [0.15, 0.2) is 18.2 Å². The largest absolute Gasteiger partial charge is 0.449 e. The minimum atomic E-state index is -0.453. The van der Waals surface area contributed by atoms with Gasteiger partial charge in [0.25, 0.3) is 5.69 Å². The number of non-ortho nitro benzene ring substituents is 1. The van der Waals surface area contributed by atoms with Crippen molar-refractivity contribution in [3.8, 4) is 0 Å². The van der Waals surface area contributed by atoms with E-state index >= 15 is 0 Å². The molecule has 6 heteroatoms. The SMILES string of the molecule is Cc1cc([N+](=O)[O-])ccc1N1CCCOC1=O. The van der Waals surface area contributed by atoms with Crippen LogP contribution in [0.3, 0.4) is 0 Å². The number of aryl methyl sites for hydroxylation is 1. The van der Waals surface area contributed by atoms with Crippen molar-refractivity contribution in [3.63, 3.8) is 0 Å². The average Bonchev–Trinajstić information content (AvgIpc) is 2.30. The zero-order valence-electron chi connectivity index (χ0n) is 9.38. The van der Waals surface area contributed by atoms with Gasteiger partial charge < -0.3 is 4.74 Å². The second kappa shape index (κ2) is 4.40. The van der Waals surface area contributed by atoms with Gasteiger partial charge in [0.05, 0.1) is 17.2 Å². The molecule has 0 N–H and O–H groups in total. The molecule has 1 saturated heterocycles. The molecule has 0 bridgehead atoms. The second-order valence-electron chi connectivity index (χ2n) is 3.85. The van der Waals surface area contributed by atoms with E-state index in [1.54, 1.807) is 13.0 Å². The van der Waals surface area contributed by atoms with Gasteiger partial charge in [-0.1, -0.05) is 0 Å². The van der Waals surface area contributed by atoms with Gasteiger partial charge in [-0.25, -0.2) is 4.79 Å². The molecule has 0 atom stereocenters. The molecule has 0 aliphatic carbocycles. The maximum absolute atomic E-state index is 11.5. The fourth-order valence-corrected chi connectivity index (χ4v) is 1.83. The number of nitro groups is 1. The van der Waals surface area contributed by atoms with Gasteiger partial charge in [-0.2, -0.15) is 0 Å². The Hall–Kier alpha value is -2.11. The third-order valence-corrected chi connectivity index (χ3v) is 2.65. The summed E-state index contributed by atoms with van der Waals surface area (Å²) in [6, 6.07) is 4.43. The first kappa shape index (κ1) is 11.4. The first-order chi connectivity index (χ1) is 8.09. The van der Waals surface area contributed by atoms with Gasteiger partial charge in [0.15, 0.2) is 0 Å². The molecule has 17 heavy (non-hydrogen) atoms. The lowest BCUT2D eigenvalue weighted by atomic mass is 10.1. The summed E-state index contributed by atoms with van der Waals surface area (Å²) in [6.45, 7) is 2.75. The Balaban J connectivity index is 2.32. The summed E-state index contributed by atoms with van der Waals surface area (Å²) in [5.41, 5.74) is 1.38. The van der Waals surface area contributed by atoms with Crippen LogP contribution in [-0.2, 0) is 4.74 Å². The Bertz CT molecular complexity index is 473. The first-order valence-corrected chi connectivity index (χ1v) is 5.29. The van der Waals surface area contributed by atoms with Crippen LogP contribution in [0, 0.1) is 17.0 Å². The van der Waals surface area contributed by atoms with Crippen LogP contribution in [0.2, 0.25) is 0 Å². The molecular formula is C11H12N2O4. The van der Waals surface area contributed by atoms with E-state index < -0.39 is 11.0 Å². The molecule has 2 rings (SSSR count). The standard InChI is InChI=1S/C11H12N2O4/c1-8-7-9(13(15)16)3-4-10(8)12-5-2-6-17-11(12)14/h3-4,7H,2,5-6H2,1H3. The van der Waals surface area contributed by atoms with Gasteiger partial charge in [-0.3, -0.25) is 15.0 Å². The molecule has 6 nitrogen and oxygen atoms in total. The summed E-state index contributed by atoms with van der Waals surface area (Å²) in [6.07, 6.45) is 0.371. The number of rotatable bonds is 2. The molecule has 1 aliphatic heterocycles. The molecule has 0 saturated carbocycles. The minimum Gasteiger partial charge on any atom is -0.449 e. The van der Waals surface area contributed by atoms with E-state index in [0.717, 1.165) is 6.42 Å². The number of hydrogen-bond donors (Lipinski definition) is 0. The topological polar surface area (TPSA) is 72.7 Å². The number of anilines is 1. The second-order valence-corrected chi connectivity index (χ2v) is 3.85. The predicted octanol–water partition coefficient (Wildman–Crippen LogP) is 2.25. The van der Waals surface area contributed by atoms with Crippen LogP contribution in [0.1, 0.15) is 12.0 Å². The van der Waals surface area contributed by atoms with Crippen molar-refractivity contribution in [1.82, 2.24) is 0 Å². The Kier molecular flexibility index (Phi) is 2.95. The zero-order valence-corrected chi connectivity index (χ0v) is 9.38. The number of carbonyl (C=O) groups is 1. The molecule has 90 valence electrons. The highest BCUT2D eigenvalue weighted by Gasteiger charge is 2.23. The summed E-state index contributed by atoms with van der Waals surface area (Å²) in [4.78, 5) is 23.2. The number of nitrogens with zero attached hydrogens (tertiary/aromatic N) is 2. The maximum Gasteiger partial charge on any atom is 0.414 e. The van der Waals surface area contributed by atoms with Crippen molar-refractivity contribution < 1.29 is 14.5 Å². The number of amides is 1. The van der Waals surface area contributed by atoms with E-state index in [2.05, 4.69) is 0 Å². The summed E-state index contributed by atoms with van der Waals surface area (Å²) >= 11 is 0. The van der Waals surface area contributed by atoms with Crippen molar-refractivity contribution in [3.05, 3.63) is 33.9 Å². The van der Waals surface area contributed by atoms with E-state index in [9.17, 15) is 14.9 Å². The van der Waals surface area contributed by atoms with Gasteiger partial charge in [0.1, 0.15) is 0 Å². The summed E-state index contributed by atoms with van der Waals surface area (Å²) in [7, 11) is 0. The molecular weight excluding hydrogens is 224 g/mol. The highest BCUT2D eigenvalue weighted by atomic mass is 16.6. The number of benzene rings is 1. The Morgan fingerprint density at radius 1 is 1.47 bits per heavy atom. The number of hydrogen-bond acceptors (Lipinski definition) is 4. The summed E-state index contributed by atoms with van der Waals surface area (Å²) in [5.74, 6) is 0. The van der Waals surface area contributed by atoms with Gasteiger partial charge in [-0.15, -0.1) is 0 Å². The van der Waals surface area contributed by atoms with Crippen LogP contribution in [0.4, 0.5) is 16.2 Å². The summed E-state index contributed by atoms with van der Waals surface area (Å²) in [5, 5.41) is 10.6. The molecule has 0 aromatic heterocycles. The van der Waals surface area contributed by atoms with Crippen LogP contribution >= 0.6 is 0 Å². The zero-order chi connectivity index (χ0) is 12.4. The lowest BCUT2D eigenvalue weighted by Gasteiger charge is -2.27. The van der Waals surface area contributed by atoms with E-state index in [1.807, 2.05) is 0 Å². The van der Waals surface area contributed by atoms with E-state index in [-0.39, 0.29) is 5.69 Å². The number of carbonyl (C=O) groups excluding carboxylic acids is 1. The third-order valence-electron chi connectivity index (χ3n) is 2.65. The highest BCUT2D eigenvalue weighted by Crippen LogP contribution is 2.26. The first-order valence-electron chi connectivity index (χ1n) is 5.29. The molecule has 1 aliphatic rings. The molecule has 0 radical (unpaired) electrons. The average molecular weight is 236 g/mol. The van der Waals surface area contributed by atoms with Crippen molar-refractivity contribution in [1.29, 1.82) is 0 Å². The number of cyclic esters (lactones) is 1. The minimum absolute atomic E-state index is 0.0247. The van der Waals surface area contributed by atoms with Crippen molar-refractivity contribution in [2.45, 2.75) is 13.3 Å². The molecule has 1 aromatic carbocycles. The van der Waals surface area contributed by atoms with Crippen molar-refractivity contribution in [2.24, 2.45) is 0 Å². The number of nitro benzene ring substituents is 1. The molecule has 1 heterocycles. The van der Waals surface area contributed by atoms with Crippen LogP contribution < -0.4 is 4.90 Å². The van der Waals surface area contributed by atoms with E-state index in [4.69, 9.17) is 4.74 Å². The number of ether oxygens (including phenoxy) is 1. The smallest absolute Gasteiger partial charge is 0.414 e. The highest BCUT2D eigenvalue weighted by molar-refractivity contribution is 5.89. The van der Waals surface area contributed by atoms with Gasteiger partial charge in [0, 0.05) is 18.7 Å². The Morgan fingerprint density at radius 3 is 2.82 bits per heavy atom. The Labute approximate surface area is 97.9 Å². The molecule has 1 fully saturated rings. The van der Waals surface area contributed by atoms with Crippen molar-refractivity contribution in [2.75, 3.05) is 18.1 Å². The van der Waals surface area contributed by atoms with Crippen LogP contribution in [-0.4, -0.2) is 24.2 Å². The van der Waals surface area contributed by atoms with Crippen LogP contribution in [0.5, 0.6) is 0 Å². The van der Waals surface area contributed by atoms with Gasteiger partial charge in [-0.05, 0) is 25.0 Å². The molecule has 0 spiro atoms. The van der Waals surface area contributed by atoms with Crippen molar-refractivity contribution >= 4 is 17.5 Å². The van der Waals surface area contributed by atoms with E-state index in [1.165, 1.54) is 17.0 Å². The van der Waals surface area contributed by atoms with E-state index in [0.29, 0.717) is 24.4 Å². The monoisotopic (exact) mass is 236 g/mol. The molecule has 1 amide bonds. The lowest BCUT2D eigenvalue weighted by Crippen LogP contribution is -2.38. The quantitative estimate of drug-likeness (QED) is 0.583. The Morgan fingerprint density at radius 2 is 2.24 bits per heavy atom. The summed E-state index contributed by atoms with van der Waals surface area (Å²) < 4.78 is 4.93.